The molecular weight excluding hydrogens is 367 g/mol. The maximum Gasteiger partial charge on any atom is 0.254 e. The third-order valence-corrected chi connectivity index (χ3v) is 5.60. The number of aryl methyl sites for hydroxylation is 1. The molecule has 0 aliphatic carbocycles. The largest absolute Gasteiger partial charge is 0.361 e. The fourth-order valence-corrected chi connectivity index (χ4v) is 4.00. The lowest BCUT2D eigenvalue weighted by molar-refractivity contribution is 0.241. The van der Waals surface area contributed by atoms with Crippen LogP contribution in [0.2, 0.25) is 0 Å². The van der Waals surface area contributed by atoms with Crippen molar-refractivity contribution in [1.82, 2.24) is 19.9 Å². The van der Waals surface area contributed by atoms with Gasteiger partial charge in [0, 0.05) is 47.9 Å². The molecule has 2 aromatic heterocycles. The van der Waals surface area contributed by atoms with E-state index in [9.17, 15) is 9.18 Å². The highest BCUT2D eigenvalue weighted by atomic mass is 19.1. The van der Waals surface area contributed by atoms with Crippen LogP contribution in [0.15, 0.2) is 53.5 Å². The zero-order chi connectivity index (χ0) is 20.0. The number of aromatic nitrogens is 3. The van der Waals surface area contributed by atoms with Crippen molar-refractivity contribution in [2.75, 3.05) is 6.54 Å². The van der Waals surface area contributed by atoms with Gasteiger partial charge in [0.2, 0.25) is 0 Å². The summed E-state index contributed by atoms with van der Waals surface area (Å²) in [6.45, 7) is 4.07. The number of hydrogen-bond acceptors (Lipinski definition) is 3. The summed E-state index contributed by atoms with van der Waals surface area (Å²) in [5.74, 6) is 0.364. The summed E-state index contributed by atoms with van der Waals surface area (Å²) in [4.78, 5) is 25.8. The molecule has 2 N–H and O–H groups in total. The fraction of sp³-hybridized carbons (Fsp3) is 0.217. The summed E-state index contributed by atoms with van der Waals surface area (Å²) >= 11 is 0. The first-order chi connectivity index (χ1) is 14.1. The lowest BCUT2D eigenvalue weighted by Gasteiger charge is -2.27. The van der Waals surface area contributed by atoms with Crippen molar-refractivity contribution >= 4 is 10.9 Å². The predicted octanol–water partition coefficient (Wildman–Crippen LogP) is 3.92. The summed E-state index contributed by atoms with van der Waals surface area (Å²) in [7, 11) is 0. The quantitative estimate of drug-likeness (QED) is 0.559. The van der Waals surface area contributed by atoms with E-state index in [1.54, 1.807) is 12.1 Å². The number of aromatic amines is 2. The molecule has 0 radical (unpaired) electrons. The van der Waals surface area contributed by atoms with Crippen LogP contribution in [-0.2, 0) is 19.5 Å². The van der Waals surface area contributed by atoms with Crippen LogP contribution in [0.4, 0.5) is 4.39 Å². The number of rotatable bonds is 3. The Hall–Kier alpha value is -3.25. The Morgan fingerprint density at radius 2 is 2.00 bits per heavy atom. The summed E-state index contributed by atoms with van der Waals surface area (Å²) < 4.78 is 13.7. The summed E-state index contributed by atoms with van der Waals surface area (Å²) in [5, 5.41) is 0.898. The van der Waals surface area contributed by atoms with Crippen molar-refractivity contribution in [3.63, 3.8) is 0 Å². The monoisotopic (exact) mass is 388 g/mol. The molecule has 0 spiro atoms. The average Bonchev–Trinajstić information content (AvgIpc) is 3.10. The Kier molecular flexibility index (Phi) is 4.28. The van der Waals surface area contributed by atoms with Gasteiger partial charge in [-0.05, 0) is 37.1 Å². The van der Waals surface area contributed by atoms with Crippen molar-refractivity contribution in [1.29, 1.82) is 0 Å². The molecule has 0 fully saturated rings. The lowest BCUT2D eigenvalue weighted by Crippen LogP contribution is -2.35. The molecule has 5 rings (SSSR count). The van der Waals surface area contributed by atoms with E-state index < -0.39 is 0 Å². The molecule has 146 valence electrons. The number of benzene rings is 2. The van der Waals surface area contributed by atoms with E-state index in [-0.39, 0.29) is 11.4 Å². The number of halogens is 1. The summed E-state index contributed by atoms with van der Waals surface area (Å²) in [5.41, 5.74) is 5.57. The Morgan fingerprint density at radius 3 is 2.83 bits per heavy atom. The van der Waals surface area contributed by atoms with E-state index in [0.717, 1.165) is 45.4 Å². The highest BCUT2D eigenvalue weighted by molar-refractivity contribution is 5.83. The van der Waals surface area contributed by atoms with Crippen molar-refractivity contribution < 1.29 is 4.39 Å². The highest BCUT2D eigenvalue weighted by Crippen LogP contribution is 2.24. The number of fused-ring (bicyclic) bond motifs is 2. The van der Waals surface area contributed by atoms with Crippen molar-refractivity contribution in [2.45, 2.75) is 26.4 Å². The van der Waals surface area contributed by atoms with Gasteiger partial charge in [0.1, 0.15) is 11.6 Å². The minimum Gasteiger partial charge on any atom is -0.361 e. The fourth-order valence-electron chi connectivity index (χ4n) is 4.00. The second kappa shape index (κ2) is 6.97. The van der Waals surface area contributed by atoms with Gasteiger partial charge in [-0.2, -0.15) is 0 Å². The lowest BCUT2D eigenvalue weighted by atomic mass is 10.0. The molecule has 0 bridgehead atoms. The first kappa shape index (κ1) is 17.8. The van der Waals surface area contributed by atoms with Gasteiger partial charge in [-0.3, -0.25) is 9.69 Å². The highest BCUT2D eigenvalue weighted by Gasteiger charge is 2.22. The van der Waals surface area contributed by atoms with Gasteiger partial charge in [-0.15, -0.1) is 0 Å². The molecule has 0 atom stereocenters. The minimum atomic E-state index is -0.238. The van der Waals surface area contributed by atoms with Crippen molar-refractivity contribution in [2.24, 2.45) is 0 Å². The van der Waals surface area contributed by atoms with Gasteiger partial charge in [0.05, 0.1) is 5.69 Å². The topological polar surface area (TPSA) is 64.8 Å². The molecule has 0 saturated carbocycles. The standard InChI is InChI=1S/C23H21FN4O/c1-14-2-4-15(5-3-14)22-26-21-13-28(9-8-18(21)23(29)27-22)12-16-11-25-20-7-6-17(24)10-19(16)20/h2-7,10-11,25H,8-9,12-13H2,1H3,(H,26,27,29). The molecule has 1 aliphatic rings. The molecule has 0 amide bonds. The van der Waals surface area contributed by atoms with E-state index in [4.69, 9.17) is 4.98 Å². The van der Waals surface area contributed by atoms with E-state index in [0.29, 0.717) is 25.3 Å². The second-order valence-electron chi connectivity index (χ2n) is 7.67. The normalized spacial score (nSPS) is 14.3. The zero-order valence-electron chi connectivity index (χ0n) is 16.1. The molecule has 5 nitrogen and oxygen atoms in total. The molecule has 6 heteroatoms. The third-order valence-electron chi connectivity index (χ3n) is 5.60. The molecule has 3 heterocycles. The van der Waals surface area contributed by atoms with Crippen LogP contribution in [0, 0.1) is 12.7 Å². The van der Waals surface area contributed by atoms with E-state index in [1.165, 1.54) is 6.07 Å². The average molecular weight is 388 g/mol. The smallest absolute Gasteiger partial charge is 0.254 e. The first-order valence-corrected chi connectivity index (χ1v) is 9.74. The maximum atomic E-state index is 13.7. The first-order valence-electron chi connectivity index (χ1n) is 9.74. The molecule has 2 aromatic carbocycles. The SMILES string of the molecule is Cc1ccc(-c2nc3c(c(=O)[nH]2)CCN(Cc2c[nH]c4ccc(F)cc24)C3)cc1. The molecule has 29 heavy (non-hydrogen) atoms. The molecule has 4 aromatic rings. The van der Waals surface area contributed by atoms with E-state index in [1.807, 2.05) is 37.4 Å². The number of nitrogens with zero attached hydrogens (tertiary/aromatic N) is 2. The van der Waals surface area contributed by atoms with E-state index in [2.05, 4.69) is 14.9 Å². The number of hydrogen-bond donors (Lipinski definition) is 2. The summed E-state index contributed by atoms with van der Waals surface area (Å²) in [6.07, 6.45) is 2.59. The Labute approximate surface area is 167 Å². The predicted molar refractivity (Wildman–Crippen MR) is 111 cm³/mol. The van der Waals surface area contributed by atoms with Gasteiger partial charge in [-0.1, -0.05) is 29.8 Å². The molecular formula is C23H21FN4O. The van der Waals surface area contributed by atoms with E-state index >= 15 is 0 Å². The number of nitrogens with one attached hydrogen (secondary N) is 2. The molecule has 0 unspecified atom stereocenters. The zero-order valence-corrected chi connectivity index (χ0v) is 16.1. The number of H-pyrrole nitrogens is 2. The van der Waals surface area contributed by atoms with Gasteiger partial charge >= 0.3 is 0 Å². The van der Waals surface area contributed by atoms with Crippen LogP contribution in [0.3, 0.4) is 0 Å². The van der Waals surface area contributed by atoms with Crippen molar-refractivity contribution in [3.05, 3.63) is 87.2 Å². The molecule has 1 aliphatic heterocycles. The van der Waals surface area contributed by atoms with Crippen LogP contribution in [0.5, 0.6) is 0 Å². The Balaban J connectivity index is 1.44. The van der Waals surface area contributed by atoms with Crippen LogP contribution in [0.25, 0.3) is 22.3 Å². The maximum absolute atomic E-state index is 13.7. The van der Waals surface area contributed by atoms with Crippen LogP contribution < -0.4 is 5.56 Å². The van der Waals surface area contributed by atoms with Gasteiger partial charge in [0.25, 0.3) is 5.56 Å². The van der Waals surface area contributed by atoms with Crippen LogP contribution in [-0.4, -0.2) is 26.4 Å². The minimum absolute atomic E-state index is 0.0561. The van der Waals surface area contributed by atoms with Crippen LogP contribution in [0.1, 0.15) is 22.4 Å². The molecule has 0 saturated heterocycles. The van der Waals surface area contributed by atoms with Gasteiger partial charge in [0.15, 0.2) is 0 Å². The van der Waals surface area contributed by atoms with Crippen LogP contribution >= 0.6 is 0 Å². The Morgan fingerprint density at radius 1 is 1.17 bits per heavy atom. The second-order valence-corrected chi connectivity index (χ2v) is 7.67. The third kappa shape index (κ3) is 3.36. The van der Waals surface area contributed by atoms with Gasteiger partial charge < -0.3 is 9.97 Å². The van der Waals surface area contributed by atoms with Crippen molar-refractivity contribution in [3.8, 4) is 11.4 Å². The summed E-state index contributed by atoms with van der Waals surface area (Å²) in [6, 6.07) is 12.8. The Bertz CT molecular complexity index is 1260. The van der Waals surface area contributed by atoms with Gasteiger partial charge in [-0.25, -0.2) is 9.37 Å².